The Balaban J connectivity index is 2.01. The number of halogens is 3. The number of aromatic hydroxyl groups is 1. The Labute approximate surface area is 159 Å². The summed E-state index contributed by atoms with van der Waals surface area (Å²) in [6, 6.07) is 9.24. The van der Waals surface area contributed by atoms with Gasteiger partial charge in [-0.3, -0.25) is 9.59 Å². The fraction of sp³-hybridized carbons (Fsp3) is 0.211. The lowest BCUT2D eigenvalue weighted by molar-refractivity contribution is -0.137. The quantitative estimate of drug-likeness (QED) is 0.532. The molecule has 0 fully saturated rings. The third-order valence-corrected chi connectivity index (χ3v) is 3.75. The minimum Gasteiger partial charge on any atom is -0.507 e. The molecule has 0 atom stereocenters. The number of hydrazone groups is 1. The summed E-state index contributed by atoms with van der Waals surface area (Å²) in [5.41, 5.74) is 1.58. The van der Waals surface area contributed by atoms with Gasteiger partial charge in [0, 0.05) is 5.71 Å². The number of hydrogen-bond acceptors (Lipinski definition) is 4. The van der Waals surface area contributed by atoms with Crippen molar-refractivity contribution in [2.45, 2.75) is 26.4 Å². The first-order valence-electron chi connectivity index (χ1n) is 8.17. The van der Waals surface area contributed by atoms with Gasteiger partial charge in [-0.15, -0.1) is 0 Å². The average Bonchev–Trinajstić information content (AvgIpc) is 2.61. The van der Waals surface area contributed by atoms with Crippen molar-refractivity contribution in [3.63, 3.8) is 0 Å². The maximum absolute atomic E-state index is 13.0. The van der Waals surface area contributed by atoms with Crippen LogP contribution in [0.2, 0.25) is 0 Å². The Hall–Kier alpha value is -3.36. The number of nitrogens with zero attached hydrogens (tertiary/aromatic N) is 1. The van der Waals surface area contributed by atoms with E-state index in [9.17, 15) is 27.9 Å². The van der Waals surface area contributed by atoms with Crippen LogP contribution in [0.25, 0.3) is 0 Å². The molecule has 148 valence electrons. The second-order valence-electron chi connectivity index (χ2n) is 6.03. The standard InChI is InChI=1S/C19H18F3N3O3/c1-11-6-5-7-13(17(11)27)18(28)25-24-12(2)10-16(26)23-15-9-4-3-8-14(15)19(20,21)22/h3-9,27H,10H2,1-2H3,(H,23,26)(H,25,28)/b24-12-. The van der Waals surface area contributed by atoms with Crippen LogP contribution in [0.4, 0.5) is 18.9 Å². The largest absolute Gasteiger partial charge is 0.507 e. The highest BCUT2D eigenvalue weighted by molar-refractivity contribution is 6.06. The van der Waals surface area contributed by atoms with Crippen LogP contribution in [0.3, 0.4) is 0 Å². The number of carbonyl (C=O) groups excluding carboxylic acids is 2. The first kappa shape index (κ1) is 20.9. The Morgan fingerprint density at radius 3 is 2.46 bits per heavy atom. The van der Waals surface area contributed by atoms with E-state index in [0.29, 0.717) is 5.56 Å². The summed E-state index contributed by atoms with van der Waals surface area (Å²) < 4.78 is 38.9. The van der Waals surface area contributed by atoms with E-state index < -0.39 is 23.6 Å². The Bertz CT molecular complexity index is 924. The Morgan fingerprint density at radius 2 is 1.79 bits per heavy atom. The Morgan fingerprint density at radius 1 is 1.11 bits per heavy atom. The molecule has 0 aliphatic carbocycles. The molecule has 0 saturated heterocycles. The van der Waals surface area contributed by atoms with E-state index >= 15 is 0 Å². The van der Waals surface area contributed by atoms with Crippen LogP contribution >= 0.6 is 0 Å². The number of carbonyl (C=O) groups is 2. The highest BCUT2D eigenvalue weighted by Crippen LogP contribution is 2.34. The second-order valence-corrected chi connectivity index (χ2v) is 6.03. The van der Waals surface area contributed by atoms with Crippen molar-refractivity contribution in [2.75, 3.05) is 5.32 Å². The highest BCUT2D eigenvalue weighted by atomic mass is 19.4. The molecular weight excluding hydrogens is 375 g/mol. The number of alkyl halides is 3. The highest BCUT2D eigenvalue weighted by Gasteiger charge is 2.33. The molecule has 0 spiro atoms. The lowest BCUT2D eigenvalue weighted by Crippen LogP contribution is -2.22. The first-order chi connectivity index (χ1) is 13.1. The number of phenols is 1. The molecule has 2 rings (SSSR count). The molecular formula is C19H18F3N3O3. The maximum atomic E-state index is 13.0. The van der Waals surface area contributed by atoms with Crippen molar-refractivity contribution >= 4 is 23.2 Å². The number of anilines is 1. The van der Waals surface area contributed by atoms with Crippen LogP contribution in [0, 0.1) is 6.92 Å². The lowest BCUT2D eigenvalue weighted by atomic mass is 10.1. The smallest absolute Gasteiger partial charge is 0.418 e. The van der Waals surface area contributed by atoms with Gasteiger partial charge in [0.1, 0.15) is 5.75 Å². The molecule has 0 saturated carbocycles. The van der Waals surface area contributed by atoms with Crippen LogP contribution < -0.4 is 10.7 Å². The molecule has 0 aromatic heterocycles. The average molecular weight is 393 g/mol. The molecule has 2 aromatic rings. The number of aryl methyl sites for hydroxylation is 1. The zero-order valence-corrected chi connectivity index (χ0v) is 15.1. The zero-order valence-electron chi connectivity index (χ0n) is 15.1. The molecule has 28 heavy (non-hydrogen) atoms. The molecule has 6 nitrogen and oxygen atoms in total. The van der Waals surface area contributed by atoms with Crippen LogP contribution in [-0.4, -0.2) is 22.6 Å². The maximum Gasteiger partial charge on any atom is 0.418 e. The lowest BCUT2D eigenvalue weighted by Gasteiger charge is -2.13. The minimum absolute atomic E-state index is 0.0140. The fourth-order valence-corrected chi connectivity index (χ4v) is 2.35. The van der Waals surface area contributed by atoms with Crippen molar-refractivity contribution in [3.05, 3.63) is 59.2 Å². The van der Waals surface area contributed by atoms with Crippen molar-refractivity contribution in [3.8, 4) is 5.75 Å². The number of rotatable bonds is 5. The summed E-state index contributed by atoms with van der Waals surface area (Å²) in [4.78, 5) is 24.1. The summed E-state index contributed by atoms with van der Waals surface area (Å²) in [6.45, 7) is 3.06. The van der Waals surface area contributed by atoms with Crippen LogP contribution in [0.5, 0.6) is 5.75 Å². The van der Waals surface area contributed by atoms with E-state index in [0.717, 1.165) is 12.1 Å². The molecule has 9 heteroatoms. The topological polar surface area (TPSA) is 90.8 Å². The molecule has 2 aromatic carbocycles. The summed E-state index contributed by atoms with van der Waals surface area (Å²) >= 11 is 0. The SMILES string of the molecule is C/C(CC(=O)Nc1ccccc1C(F)(F)F)=N/NC(=O)c1cccc(C)c1O. The van der Waals surface area contributed by atoms with Gasteiger partial charge in [-0.2, -0.15) is 18.3 Å². The molecule has 0 heterocycles. The number of hydrogen-bond donors (Lipinski definition) is 3. The van der Waals surface area contributed by atoms with E-state index in [4.69, 9.17) is 0 Å². The van der Waals surface area contributed by atoms with E-state index in [-0.39, 0.29) is 29.1 Å². The molecule has 0 aliphatic heterocycles. The van der Waals surface area contributed by atoms with Gasteiger partial charge in [-0.25, -0.2) is 5.43 Å². The third-order valence-electron chi connectivity index (χ3n) is 3.75. The fourth-order valence-electron chi connectivity index (χ4n) is 2.35. The predicted molar refractivity (Wildman–Crippen MR) is 98.1 cm³/mol. The number of phenolic OH excluding ortho intramolecular Hbond substituents is 1. The predicted octanol–water partition coefficient (Wildman–Crippen LogP) is 3.85. The minimum atomic E-state index is -4.60. The zero-order chi connectivity index (χ0) is 20.9. The molecule has 0 bridgehead atoms. The third kappa shape index (κ3) is 5.32. The van der Waals surface area contributed by atoms with E-state index in [1.54, 1.807) is 19.1 Å². The number of benzene rings is 2. The van der Waals surface area contributed by atoms with Gasteiger partial charge >= 0.3 is 6.18 Å². The number of para-hydroxylation sites is 2. The van der Waals surface area contributed by atoms with Gasteiger partial charge in [-0.05, 0) is 37.6 Å². The molecule has 0 radical (unpaired) electrons. The number of nitrogens with one attached hydrogen (secondary N) is 2. The van der Waals surface area contributed by atoms with E-state index in [1.165, 1.54) is 25.1 Å². The summed E-state index contributed by atoms with van der Waals surface area (Å²) in [7, 11) is 0. The molecule has 0 unspecified atom stereocenters. The van der Waals surface area contributed by atoms with Crippen LogP contribution in [-0.2, 0) is 11.0 Å². The van der Waals surface area contributed by atoms with Gasteiger partial charge in [-0.1, -0.05) is 24.3 Å². The first-order valence-corrected chi connectivity index (χ1v) is 8.17. The van der Waals surface area contributed by atoms with Gasteiger partial charge < -0.3 is 10.4 Å². The summed E-state index contributed by atoms with van der Waals surface area (Å²) in [5, 5.41) is 15.8. The number of amides is 2. The van der Waals surface area contributed by atoms with Gasteiger partial charge in [0.25, 0.3) is 5.91 Å². The van der Waals surface area contributed by atoms with E-state index in [1.807, 2.05) is 0 Å². The van der Waals surface area contributed by atoms with Crippen molar-refractivity contribution in [1.82, 2.24) is 5.43 Å². The van der Waals surface area contributed by atoms with E-state index in [2.05, 4.69) is 15.8 Å². The Kier molecular flexibility index (Phi) is 6.40. The van der Waals surface area contributed by atoms with Crippen LogP contribution in [0.15, 0.2) is 47.6 Å². The monoisotopic (exact) mass is 393 g/mol. The van der Waals surface area contributed by atoms with Gasteiger partial charge in [0.05, 0.1) is 23.2 Å². The molecule has 0 aliphatic rings. The van der Waals surface area contributed by atoms with Crippen molar-refractivity contribution in [2.24, 2.45) is 5.10 Å². The van der Waals surface area contributed by atoms with Gasteiger partial charge in [0.15, 0.2) is 0 Å². The molecule has 3 N–H and O–H groups in total. The summed E-state index contributed by atoms with van der Waals surface area (Å²) in [5.74, 6) is -1.58. The molecule has 2 amide bonds. The van der Waals surface area contributed by atoms with Crippen LogP contribution in [0.1, 0.15) is 34.8 Å². The van der Waals surface area contributed by atoms with Gasteiger partial charge in [0.2, 0.25) is 5.91 Å². The second kappa shape index (κ2) is 8.55. The summed E-state index contributed by atoms with van der Waals surface area (Å²) in [6.07, 6.45) is -4.93. The van der Waals surface area contributed by atoms with Crippen molar-refractivity contribution in [1.29, 1.82) is 0 Å². The normalized spacial score (nSPS) is 11.8. The van der Waals surface area contributed by atoms with Crippen molar-refractivity contribution < 1.29 is 27.9 Å².